The first-order chi connectivity index (χ1) is 11.3. The lowest BCUT2D eigenvalue weighted by atomic mass is 9.40. The van der Waals surface area contributed by atoms with Gasteiger partial charge in [0.25, 0.3) is 5.91 Å². The Hall–Kier alpha value is -1.91. The monoisotopic (exact) mass is 327 g/mol. The summed E-state index contributed by atoms with van der Waals surface area (Å²) in [5.41, 5.74) is 6.04. The molecule has 24 heavy (non-hydrogen) atoms. The van der Waals surface area contributed by atoms with Gasteiger partial charge in [0.05, 0.1) is 5.41 Å². The fourth-order valence-electron chi connectivity index (χ4n) is 6.52. The van der Waals surface area contributed by atoms with Crippen LogP contribution < -0.4 is 10.9 Å². The molecule has 1 aromatic rings. The fraction of sp³-hybridized carbons (Fsp3) is 0.632. The topological polar surface area (TPSA) is 71.1 Å². The molecule has 0 aliphatic heterocycles. The molecule has 4 aliphatic carbocycles. The number of rotatable bonds is 2. The highest BCUT2D eigenvalue weighted by Gasteiger charge is 2.62. The van der Waals surface area contributed by atoms with Crippen LogP contribution >= 0.6 is 0 Å². The van der Waals surface area contributed by atoms with Crippen LogP contribution in [0, 0.1) is 22.2 Å². The van der Waals surface area contributed by atoms with Gasteiger partial charge in [-0.3, -0.25) is 25.4 Å². The lowest BCUT2D eigenvalue weighted by molar-refractivity contribution is -0.170. The number of amides is 2. The highest BCUT2D eigenvalue weighted by molar-refractivity contribution is 5.95. The number of hydrazine groups is 1. The van der Waals surface area contributed by atoms with E-state index in [4.69, 9.17) is 0 Å². The lowest BCUT2D eigenvalue weighted by Crippen LogP contribution is -2.61. The molecule has 4 fully saturated rings. The molecule has 2 N–H and O–H groups in total. The van der Waals surface area contributed by atoms with Crippen LogP contribution in [0.5, 0.6) is 0 Å². The highest BCUT2D eigenvalue weighted by atomic mass is 16.2. The van der Waals surface area contributed by atoms with E-state index in [-0.39, 0.29) is 28.1 Å². The van der Waals surface area contributed by atoms with Gasteiger partial charge in [-0.05, 0) is 67.4 Å². The SMILES string of the molecule is C[C@@]12CC3CC(C(=O)NNC(=O)c4ccncc4)(C1)C[C@@](C)(C3)C2. The number of nitrogens with one attached hydrogen (secondary N) is 2. The van der Waals surface area contributed by atoms with Crippen molar-refractivity contribution in [1.29, 1.82) is 0 Å². The van der Waals surface area contributed by atoms with Crippen molar-refractivity contribution >= 4 is 11.8 Å². The quantitative estimate of drug-likeness (QED) is 0.821. The molecule has 2 atom stereocenters. The zero-order valence-corrected chi connectivity index (χ0v) is 14.4. The Morgan fingerprint density at radius 2 is 1.62 bits per heavy atom. The summed E-state index contributed by atoms with van der Waals surface area (Å²) in [6.07, 6.45) is 9.73. The molecule has 4 aliphatic rings. The van der Waals surface area contributed by atoms with E-state index in [1.165, 1.54) is 19.3 Å². The van der Waals surface area contributed by atoms with Crippen LogP contribution in [0.15, 0.2) is 24.5 Å². The highest BCUT2D eigenvalue weighted by Crippen LogP contribution is 2.69. The predicted octanol–water partition coefficient (Wildman–Crippen LogP) is 2.84. The maximum Gasteiger partial charge on any atom is 0.269 e. The minimum absolute atomic E-state index is 0.00791. The normalized spacial score (nSPS) is 39.5. The van der Waals surface area contributed by atoms with Crippen LogP contribution in [0.3, 0.4) is 0 Å². The summed E-state index contributed by atoms with van der Waals surface area (Å²) in [7, 11) is 0. The first-order valence-electron chi connectivity index (χ1n) is 8.83. The molecule has 0 spiro atoms. The predicted molar refractivity (Wildman–Crippen MR) is 89.7 cm³/mol. The van der Waals surface area contributed by atoms with Crippen molar-refractivity contribution in [3.8, 4) is 0 Å². The number of hydrogen-bond donors (Lipinski definition) is 2. The van der Waals surface area contributed by atoms with E-state index in [0.717, 1.165) is 19.3 Å². The third kappa shape index (κ3) is 2.50. The molecular weight excluding hydrogens is 302 g/mol. The molecule has 128 valence electrons. The summed E-state index contributed by atoms with van der Waals surface area (Å²) >= 11 is 0. The second-order valence-electron chi connectivity index (χ2n) is 9.05. The summed E-state index contributed by atoms with van der Waals surface area (Å²) in [5, 5.41) is 0. The van der Waals surface area contributed by atoms with Gasteiger partial charge in [-0.2, -0.15) is 0 Å². The molecule has 4 bridgehead atoms. The molecule has 5 heteroatoms. The average Bonchev–Trinajstić information content (AvgIpc) is 2.49. The van der Waals surface area contributed by atoms with Crippen LogP contribution in [-0.2, 0) is 4.79 Å². The van der Waals surface area contributed by atoms with Gasteiger partial charge in [0.15, 0.2) is 0 Å². The Kier molecular flexibility index (Phi) is 3.28. The molecule has 1 heterocycles. The zero-order valence-electron chi connectivity index (χ0n) is 14.4. The van der Waals surface area contributed by atoms with Crippen molar-refractivity contribution in [1.82, 2.24) is 15.8 Å². The van der Waals surface area contributed by atoms with Crippen molar-refractivity contribution in [2.45, 2.75) is 52.4 Å². The average molecular weight is 327 g/mol. The summed E-state index contributed by atoms with van der Waals surface area (Å²) < 4.78 is 0. The van der Waals surface area contributed by atoms with Crippen molar-refractivity contribution in [2.24, 2.45) is 22.2 Å². The van der Waals surface area contributed by atoms with Gasteiger partial charge in [-0.15, -0.1) is 0 Å². The molecular formula is C19H25N3O2. The van der Waals surface area contributed by atoms with E-state index in [2.05, 4.69) is 29.7 Å². The summed E-state index contributed by atoms with van der Waals surface area (Å²) in [6, 6.07) is 3.27. The molecule has 0 saturated heterocycles. The van der Waals surface area contributed by atoms with Gasteiger partial charge < -0.3 is 0 Å². The summed E-state index contributed by atoms with van der Waals surface area (Å²) in [5.74, 6) is 0.345. The van der Waals surface area contributed by atoms with Crippen LogP contribution in [0.2, 0.25) is 0 Å². The number of pyridine rings is 1. The Bertz CT molecular complexity index is 669. The molecule has 2 amide bonds. The second kappa shape index (κ2) is 5.04. The van der Waals surface area contributed by atoms with Gasteiger partial charge in [0.1, 0.15) is 0 Å². The maximum absolute atomic E-state index is 13.0. The summed E-state index contributed by atoms with van der Waals surface area (Å²) in [6.45, 7) is 4.68. The fourth-order valence-corrected chi connectivity index (χ4v) is 6.52. The minimum Gasteiger partial charge on any atom is -0.273 e. The maximum atomic E-state index is 13.0. The Morgan fingerprint density at radius 1 is 1.00 bits per heavy atom. The lowest BCUT2D eigenvalue weighted by Gasteiger charge is -2.64. The van der Waals surface area contributed by atoms with Gasteiger partial charge >= 0.3 is 0 Å². The number of hydrogen-bond acceptors (Lipinski definition) is 3. The van der Waals surface area contributed by atoms with E-state index in [1.54, 1.807) is 24.5 Å². The van der Waals surface area contributed by atoms with Crippen molar-refractivity contribution in [3.63, 3.8) is 0 Å². The van der Waals surface area contributed by atoms with Crippen molar-refractivity contribution in [2.75, 3.05) is 0 Å². The Balaban J connectivity index is 1.48. The largest absolute Gasteiger partial charge is 0.273 e. The molecule has 0 aromatic carbocycles. The molecule has 1 aromatic heterocycles. The van der Waals surface area contributed by atoms with Crippen molar-refractivity contribution < 1.29 is 9.59 Å². The minimum atomic E-state index is -0.311. The molecule has 5 rings (SSSR count). The van der Waals surface area contributed by atoms with Gasteiger partial charge in [-0.1, -0.05) is 13.8 Å². The molecule has 0 unspecified atom stereocenters. The number of aromatic nitrogens is 1. The van der Waals surface area contributed by atoms with E-state index in [1.807, 2.05) is 0 Å². The first kappa shape index (κ1) is 15.6. The first-order valence-corrected chi connectivity index (χ1v) is 8.83. The van der Waals surface area contributed by atoms with Crippen LogP contribution in [0.4, 0.5) is 0 Å². The number of carbonyl (C=O) groups excluding carboxylic acids is 2. The smallest absolute Gasteiger partial charge is 0.269 e. The van der Waals surface area contributed by atoms with E-state index >= 15 is 0 Å². The second-order valence-corrected chi connectivity index (χ2v) is 9.05. The Labute approximate surface area is 142 Å². The number of carbonyl (C=O) groups is 2. The van der Waals surface area contributed by atoms with E-state index in [9.17, 15) is 9.59 Å². The van der Waals surface area contributed by atoms with Crippen LogP contribution in [-0.4, -0.2) is 16.8 Å². The van der Waals surface area contributed by atoms with Gasteiger partial charge in [0, 0.05) is 18.0 Å². The van der Waals surface area contributed by atoms with E-state index in [0.29, 0.717) is 11.5 Å². The summed E-state index contributed by atoms with van der Waals surface area (Å²) in [4.78, 5) is 29.0. The molecule has 4 saturated carbocycles. The third-order valence-corrected chi connectivity index (χ3v) is 6.34. The van der Waals surface area contributed by atoms with Crippen LogP contribution in [0.1, 0.15) is 62.7 Å². The van der Waals surface area contributed by atoms with Crippen LogP contribution in [0.25, 0.3) is 0 Å². The van der Waals surface area contributed by atoms with Gasteiger partial charge in [-0.25, -0.2) is 0 Å². The van der Waals surface area contributed by atoms with Crippen molar-refractivity contribution in [3.05, 3.63) is 30.1 Å². The van der Waals surface area contributed by atoms with E-state index < -0.39 is 0 Å². The Morgan fingerprint density at radius 3 is 2.21 bits per heavy atom. The zero-order chi connectivity index (χ0) is 17.0. The number of nitrogens with zero attached hydrogens (tertiary/aromatic N) is 1. The molecule has 0 radical (unpaired) electrons. The standard InChI is InChI=1S/C19H25N3O2/c1-17-7-13-8-18(2,10-17)12-19(9-13,11-17)16(24)22-21-15(23)14-3-5-20-6-4-14/h3-6,13H,7-12H2,1-2H3,(H,21,23)(H,22,24)/t13?,17-,18-,19?/m0/s1. The third-order valence-electron chi connectivity index (χ3n) is 6.34. The van der Waals surface area contributed by atoms with Gasteiger partial charge in [0.2, 0.25) is 5.91 Å². The molecule has 5 nitrogen and oxygen atoms in total.